The van der Waals surface area contributed by atoms with Gasteiger partial charge >= 0.3 is 5.97 Å². The van der Waals surface area contributed by atoms with Gasteiger partial charge < -0.3 is 10.4 Å². The van der Waals surface area contributed by atoms with Crippen LogP contribution in [0.25, 0.3) is 0 Å². The molecule has 1 heterocycles. The van der Waals surface area contributed by atoms with E-state index in [-0.39, 0.29) is 24.3 Å². The standard InChI is InChI=1S/C14H18N2O3/c17-13(9-12-3-1-2-8-15-12)16-11-6-4-10(5-7-11)14(18)19/h1-3,8,10-11H,4-7,9H2,(H,16,17)(H,18,19). The molecule has 2 N–H and O–H groups in total. The molecule has 0 aliphatic heterocycles. The first-order chi connectivity index (χ1) is 9.15. The summed E-state index contributed by atoms with van der Waals surface area (Å²) in [5.41, 5.74) is 0.749. The number of hydrogen-bond acceptors (Lipinski definition) is 3. The molecule has 1 aliphatic rings. The molecule has 2 rings (SSSR count). The number of aliphatic carboxylic acids is 1. The minimum Gasteiger partial charge on any atom is -0.481 e. The van der Waals surface area contributed by atoms with E-state index in [0.29, 0.717) is 12.8 Å². The van der Waals surface area contributed by atoms with Gasteiger partial charge in [0.25, 0.3) is 0 Å². The summed E-state index contributed by atoms with van der Waals surface area (Å²) in [4.78, 5) is 26.8. The summed E-state index contributed by atoms with van der Waals surface area (Å²) < 4.78 is 0. The normalized spacial score (nSPS) is 22.7. The Morgan fingerprint density at radius 3 is 2.58 bits per heavy atom. The lowest BCUT2D eigenvalue weighted by Gasteiger charge is -2.26. The van der Waals surface area contributed by atoms with Gasteiger partial charge in [0.2, 0.25) is 5.91 Å². The highest BCUT2D eigenvalue weighted by molar-refractivity contribution is 5.78. The summed E-state index contributed by atoms with van der Waals surface area (Å²) in [6.45, 7) is 0. The number of aromatic nitrogens is 1. The minimum atomic E-state index is -0.724. The fourth-order valence-corrected chi connectivity index (χ4v) is 2.43. The molecule has 1 aromatic rings. The number of rotatable bonds is 4. The van der Waals surface area contributed by atoms with E-state index in [0.717, 1.165) is 18.5 Å². The summed E-state index contributed by atoms with van der Waals surface area (Å²) in [6, 6.07) is 5.59. The van der Waals surface area contributed by atoms with Gasteiger partial charge in [0.05, 0.1) is 12.3 Å². The third-order valence-electron chi connectivity index (χ3n) is 3.51. The van der Waals surface area contributed by atoms with Crippen LogP contribution in [-0.2, 0) is 16.0 Å². The predicted molar refractivity (Wildman–Crippen MR) is 69.5 cm³/mol. The molecular weight excluding hydrogens is 244 g/mol. The molecule has 0 aromatic carbocycles. The second kappa shape index (κ2) is 6.31. The van der Waals surface area contributed by atoms with Gasteiger partial charge in [0.1, 0.15) is 0 Å². The molecule has 0 saturated heterocycles. The number of carbonyl (C=O) groups excluding carboxylic acids is 1. The van der Waals surface area contributed by atoms with Crippen molar-refractivity contribution in [3.8, 4) is 0 Å². The zero-order valence-electron chi connectivity index (χ0n) is 10.7. The van der Waals surface area contributed by atoms with Gasteiger partial charge in [-0.3, -0.25) is 14.6 Å². The summed E-state index contributed by atoms with van der Waals surface area (Å²) in [7, 11) is 0. The van der Waals surface area contributed by atoms with Crippen molar-refractivity contribution in [2.45, 2.75) is 38.1 Å². The van der Waals surface area contributed by atoms with Gasteiger partial charge in [-0.15, -0.1) is 0 Å². The number of nitrogens with one attached hydrogen (secondary N) is 1. The third-order valence-corrected chi connectivity index (χ3v) is 3.51. The van der Waals surface area contributed by atoms with Crippen molar-refractivity contribution in [3.63, 3.8) is 0 Å². The summed E-state index contributed by atoms with van der Waals surface area (Å²) in [5.74, 6) is -1.01. The number of carboxylic acid groups (broad SMARTS) is 1. The lowest BCUT2D eigenvalue weighted by Crippen LogP contribution is -2.39. The molecule has 0 atom stereocenters. The molecule has 1 saturated carbocycles. The van der Waals surface area contributed by atoms with E-state index < -0.39 is 5.97 Å². The number of amides is 1. The third kappa shape index (κ3) is 4.05. The molecule has 0 radical (unpaired) electrons. The second-order valence-corrected chi connectivity index (χ2v) is 4.95. The Balaban J connectivity index is 1.76. The number of pyridine rings is 1. The van der Waals surface area contributed by atoms with Gasteiger partial charge in [-0.1, -0.05) is 6.07 Å². The summed E-state index contributed by atoms with van der Waals surface area (Å²) in [6.07, 6.45) is 4.71. The van der Waals surface area contributed by atoms with Crippen LogP contribution in [0.3, 0.4) is 0 Å². The maximum absolute atomic E-state index is 11.8. The number of carboxylic acids is 1. The van der Waals surface area contributed by atoms with E-state index in [1.165, 1.54) is 0 Å². The van der Waals surface area contributed by atoms with Crippen LogP contribution < -0.4 is 5.32 Å². The zero-order valence-corrected chi connectivity index (χ0v) is 10.7. The van der Waals surface area contributed by atoms with Crippen molar-refractivity contribution in [2.75, 3.05) is 0 Å². The van der Waals surface area contributed by atoms with Crippen LogP contribution >= 0.6 is 0 Å². The molecule has 1 aromatic heterocycles. The van der Waals surface area contributed by atoms with E-state index in [2.05, 4.69) is 10.3 Å². The average Bonchev–Trinajstić information content (AvgIpc) is 2.40. The van der Waals surface area contributed by atoms with Crippen LogP contribution in [-0.4, -0.2) is 28.0 Å². The Bertz CT molecular complexity index is 439. The molecule has 0 bridgehead atoms. The number of hydrogen-bond donors (Lipinski definition) is 2. The van der Waals surface area contributed by atoms with Crippen LogP contribution in [0.4, 0.5) is 0 Å². The molecule has 1 aliphatic carbocycles. The smallest absolute Gasteiger partial charge is 0.306 e. The van der Waals surface area contributed by atoms with Gasteiger partial charge in [0.15, 0.2) is 0 Å². The van der Waals surface area contributed by atoms with E-state index in [4.69, 9.17) is 5.11 Å². The van der Waals surface area contributed by atoms with Crippen molar-refractivity contribution < 1.29 is 14.7 Å². The van der Waals surface area contributed by atoms with Crippen molar-refractivity contribution in [3.05, 3.63) is 30.1 Å². The Hall–Kier alpha value is -1.91. The largest absolute Gasteiger partial charge is 0.481 e. The van der Waals surface area contributed by atoms with Crippen molar-refractivity contribution in [1.82, 2.24) is 10.3 Å². The molecule has 1 fully saturated rings. The Kier molecular flexibility index (Phi) is 4.49. The lowest BCUT2D eigenvalue weighted by atomic mass is 9.86. The lowest BCUT2D eigenvalue weighted by molar-refractivity contribution is -0.142. The zero-order chi connectivity index (χ0) is 13.7. The fourth-order valence-electron chi connectivity index (χ4n) is 2.43. The fraction of sp³-hybridized carbons (Fsp3) is 0.500. The van der Waals surface area contributed by atoms with E-state index in [9.17, 15) is 9.59 Å². The number of carbonyl (C=O) groups is 2. The van der Waals surface area contributed by atoms with Gasteiger partial charge in [-0.05, 0) is 37.8 Å². The van der Waals surface area contributed by atoms with Crippen molar-refractivity contribution in [1.29, 1.82) is 0 Å². The van der Waals surface area contributed by atoms with E-state index in [1.807, 2.05) is 18.2 Å². The van der Waals surface area contributed by atoms with Crippen molar-refractivity contribution >= 4 is 11.9 Å². The average molecular weight is 262 g/mol. The maximum Gasteiger partial charge on any atom is 0.306 e. The van der Waals surface area contributed by atoms with Gasteiger partial charge in [-0.2, -0.15) is 0 Å². The highest BCUT2D eigenvalue weighted by Gasteiger charge is 2.26. The van der Waals surface area contributed by atoms with E-state index in [1.54, 1.807) is 6.20 Å². The Labute approximate surface area is 112 Å². The molecular formula is C14H18N2O3. The quantitative estimate of drug-likeness (QED) is 0.859. The highest BCUT2D eigenvalue weighted by Crippen LogP contribution is 2.24. The first-order valence-electron chi connectivity index (χ1n) is 6.57. The van der Waals surface area contributed by atoms with Crippen LogP contribution in [0, 0.1) is 5.92 Å². The Morgan fingerprint density at radius 2 is 2.00 bits per heavy atom. The molecule has 102 valence electrons. The van der Waals surface area contributed by atoms with Gasteiger partial charge in [0, 0.05) is 17.9 Å². The molecule has 5 heteroatoms. The van der Waals surface area contributed by atoms with Crippen molar-refractivity contribution in [2.24, 2.45) is 5.92 Å². The monoisotopic (exact) mass is 262 g/mol. The van der Waals surface area contributed by atoms with Crippen LogP contribution in [0.1, 0.15) is 31.4 Å². The highest BCUT2D eigenvalue weighted by atomic mass is 16.4. The first kappa shape index (κ1) is 13.5. The molecule has 1 amide bonds. The van der Waals surface area contributed by atoms with E-state index >= 15 is 0 Å². The van der Waals surface area contributed by atoms with Crippen LogP contribution in [0.15, 0.2) is 24.4 Å². The Morgan fingerprint density at radius 1 is 1.26 bits per heavy atom. The second-order valence-electron chi connectivity index (χ2n) is 4.95. The first-order valence-corrected chi connectivity index (χ1v) is 6.57. The van der Waals surface area contributed by atoms with Gasteiger partial charge in [-0.25, -0.2) is 0 Å². The molecule has 5 nitrogen and oxygen atoms in total. The van der Waals surface area contributed by atoms with Crippen LogP contribution in [0.2, 0.25) is 0 Å². The minimum absolute atomic E-state index is 0.0440. The number of nitrogens with zero attached hydrogens (tertiary/aromatic N) is 1. The summed E-state index contributed by atoms with van der Waals surface area (Å²) >= 11 is 0. The van der Waals surface area contributed by atoms with Crippen LogP contribution in [0.5, 0.6) is 0 Å². The molecule has 0 spiro atoms. The topological polar surface area (TPSA) is 79.3 Å². The predicted octanol–water partition coefficient (Wildman–Crippen LogP) is 1.38. The SMILES string of the molecule is O=C(Cc1ccccn1)NC1CCC(C(=O)O)CC1. The maximum atomic E-state index is 11.8. The summed E-state index contributed by atoms with van der Waals surface area (Å²) in [5, 5.41) is 11.9. The molecule has 19 heavy (non-hydrogen) atoms. The molecule has 0 unspecified atom stereocenters.